The molecule has 0 aliphatic rings. The fourth-order valence-electron chi connectivity index (χ4n) is 1.96. The summed E-state index contributed by atoms with van der Waals surface area (Å²) in [5, 5.41) is 0.584. The first-order chi connectivity index (χ1) is 9.24. The zero-order chi connectivity index (χ0) is 13.7. The first-order valence-corrected chi connectivity index (χ1v) is 6.86. The minimum Gasteiger partial charge on any atom is -0.455 e. The van der Waals surface area contributed by atoms with Crippen molar-refractivity contribution < 1.29 is 4.74 Å². The van der Waals surface area contributed by atoms with Gasteiger partial charge in [0.1, 0.15) is 11.5 Å². The number of benzene rings is 2. The standard InChI is InChI=1S/C16H18ClNO/c1-2-4-12-7-9-14(10-8-12)19-16-13(11-18)5-3-6-15(16)17/h3,5-10H,2,4,11,18H2,1H3. The van der Waals surface area contributed by atoms with E-state index in [1.807, 2.05) is 30.3 Å². The molecular weight excluding hydrogens is 258 g/mol. The molecule has 0 saturated carbocycles. The van der Waals surface area contributed by atoms with E-state index in [1.54, 1.807) is 0 Å². The normalized spacial score (nSPS) is 10.5. The van der Waals surface area contributed by atoms with Gasteiger partial charge in [-0.3, -0.25) is 0 Å². The Hall–Kier alpha value is -1.51. The lowest BCUT2D eigenvalue weighted by molar-refractivity contribution is 0.476. The Morgan fingerprint density at radius 1 is 1.11 bits per heavy atom. The summed E-state index contributed by atoms with van der Waals surface area (Å²) in [6.07, 6.45) is 2.22. The van der Waals surface area contributed by atoms with Gasteiger partial charge < -0.3 is 10.5 Å². The Bertz CT molecular complexity index is 537. The van der Waals surface area contributed by atoms with Crippen molar-refractivity contribution in [3.63, 3.8) is 0 Å². The van der Waals surface area contributed by atoms with Gasteiger partial charge in [-0.1, -0.05) is 49.2 Å². The van der Waals surface area contributed by atoms with E-state index in [-0.39, 0.29) is 0 Å². The number of nitrogens with two attached hydrogens (primary N) is 1. The zero-order valence-electron chi connectivity index (χ0n) is 11.0. The van der Waals surface area contributed by atoms with Gasteiger partial charge in [-0.05, 0) is 30.2 Å². The summed E-state index contributed by atoms with van der Waals surface area (Å²) < 4.78 is 5.85. The Morgan fingerprint density at radius 2 is 1.84 bits per heavy atom. The monoisotopic (exact) mass is 275 g/mol. The number of rotatable bonds is 5. The molecule has 0 saturated heterocycles. The summed E-state index contributed by atoms with van der Waals surface area (Å²) in [5.41, 5.74) is 7.92. The Morgan fingerprint density at radius 3 is 2.47 bits per heavy atom. The molecule has 100 valence electrons. The van der Waals surface area contributed by atoms with E-state index < -0.39 is 0 Å². The van der Waals surface area contributed by atoms with Crippen molar-refractivity contribution in [3.05, 3.63) is 58.6 Å². The summed E-state index contributed by atoms with van der Waals surface area (Å²) >= 11 is 6.16. The zero-order valence-corrected chi connectivity index (χ0v) is 11.8. The van der Waals surface area contributed by atoms with Crippen molar-refractivity contribution >= 4 is 11.6 Å². The smallest absolute Gasteiger partial charge is 0.150 e. The van der Waals surface area contributed by atoms with Crippen LogP contribution < -0.4 is 10.5 Å². The lowest BCUT2D eigenvalue weighted by Crippen LogP contribution is -1.99. The van der Waals surface area contributed by atoms with Gasteiger partial charge in [0, 0.05) is 12.1 Å². The van der Waals surface area contributed by atoms with Crippen molar-refractivity contribution in [2.24, 2.45) is 5.73 Å². The number of halogens is 1. The lowest BCUT2D eigenvalue weighted by atomic mass is 10.1. The van der Waals surface area contributed by atoms with Crippen LogP contribution >= 0.6 is 11.6 Å². The van der Waals surface area contributed by atoms with Crippen molar-refractivity contribution in [3.8, 4) is 11.5 Å². The summed E-state index contributed by atoms with van der Waals surface area (Å²) in [6, 6.07) is 13.7. The van der Waals surface area contributed by atoms with Crippen LogP contribution in [0.2, 0.25) is 5.02 Å². The molecule has 0 unspecified atom stereocenters. The van der Waals surface area contributed by atoms with Gasteiger partial charge in [0.2, 0.25) is 0 Å². The van der Waals surface area contributed by atoms with E-state index in [1.165, 1.54) is 5.56 Å². The second kappa shape index (κ2) is 6.60. The third-order valence-electron chi connectivity index (χ3n) is 2.95. The molecule has 0 fully saturated rings. The molecule has 0 aromatic heterocycles. The number of aryl methyl sites for hydroxylation is 1. The summed E-state index contributed by atoms with van der Waals surface area (Å²) in [7, 11) is 0. The maximum Gasteiger partial charge on any atom is 0.150 e. The molecule has 0 aliphatic heterocycles. The number of hydrogen-bond donors (Lipinski definition) is 1. The fraction of sp³-hybridized carbons (Fsp3) is 0.250. The highest BCUT2D eigenvalue weighted by Crippen LogP contribution is 2.32. The first kappa shape index (κ1) is 13.9. The highest BCUT2D eigenvalue weighted by molar-refractivity contribution is 6.32. The molecule has 19 heavy (non-hydrogen) atoms. The molecule has 2 N–H and O–H groups in total. The van der Waals surface area contributed by atoms with Crippen molar-refractivity contribution in [1.29, 1.82) is 0 Å². The number of ether oxygens (including phenoxy) is 1. The number of para-hydroxylation sites is 1. The molecule has 0 radical (unpaired) electrons. The molecule has 0 spiro atoms. The fourth-order valence-corrected chi connectivity index (χ4v) is 2.19. The van der Waals surface area contributed by atoms with Gasteiger partial charge in [-0.15, -0.1) is 0 Å². The van der Waals surface area contributed by atoms with E-state index >= 15 is 0 Å². The van der Waals surface area contributed by atoms with Crippen LogP contribution in [0.5, 0.6) is 11.5 Å². The second-order valence-electron chi connectivity index (χ2n) is 4.43. The van der Waals surface area contributed by atoms with Gasteiger partial charge in [-0.25, -0.2) is 0 Å². The molecule has 2 aromatic carbocycles. The lowest BCUT2D eigenvalue weighted by Gasteiger charge is -2.12. The summed E-state index contributed by atoms with van der Waals surface area (Å²) in [5.74, 6) is 1.43. The molecule has 2 nitrogen and oxygen atoms in total. The molecule has 2 aromatic rings. The minimum absolute atomic E-state index is 0.407. The molecule has 0 aliphatic carbocycles. The maximum absolute atomic E-state index is 6.16. The predicted molar refractivity (Wildman–Crippen MR) is 79.9 cm³/mol. The minimum atomic E-state index is 0.407. The first-order valence-electron chi connectivity index (χ1n) is 6.49. The summed E-state index contributed by atoms with van der Waals surface area (Å²) in [6.45, 7) is 2.57. The van der Waals surface area contributed by atoms with Gasteiger partial charge in [0.05, 0.1) is 5.02 Å². The number of hydrogen-bond acceptors (Lipinski definition) is 2. The third kappa shape index (κ3) is 3.49. The average Bonchev–Trinajstić information content (AvgIpc) is 2.43. The largest absolute Gasteiger partial charge is 0.455 e. The van der Waals surface area contributed by atoms with Crippen LogP contribution in [0, 0.1) is 0 Å². The van der Waals surface area contributed by atoms with E-state index in [2.05, 4.69) is 19.1 Å². The maximum atomic E-state index is 6.16. The van der Waals surface area contributed by atoms with Crippen LogP contribution in [0.25, 0.3) is 0 Å². The van der Waals surface area contributed by atoms with Crippen LogP contribution in [0.15, 0.2) is 42.5 Å². The Labute approximate surface area is 119 Å². The van der Waals surface area contributed by atoms with Crippen molar-refractivity contribution in [2.45, 2.75) is 26.3 Å². The second-order valence-corrected chi connectivity index (χ2v) is 4.84. The van der Waals surface area contributed by atoms with Gasteiger partial charge >= 0.3 is 0 Å². The quantitative estimate of drug-likeness (QED) is 0.869. The highest BCUT2D eigenvalue weighted by Gasteiger charge is 2.08. The molecule has 0 bridgehead atoms. The van der Waals surface area contributed by atoms with Crippen LogP contribution in [-0.2, 0) is 13.0 Å². The molecule has 3 heteroatoms. The van der Waals surface area contributed by atoms with Gasteiger partial charge in [0.25, 0.3) is 0 Å². The Kier molecular flexibility index (Phi) is 4.83. The molecule has 0 heterocycles. The Balaban J connectivity index is 2.21. The van der Waals surface area contributed by atoms with Crippen LogP contribution in [-0.4, -0.2) is 0 Å². The topological polar surface area (TPSA) is 35.2 Å². The van der Waals surface area contributed by atoms with Gasteiger partial charge in [-0.2, -0.15) is 0 Å². The SMILES string of the molecule is CCCc1ccc(Oc2c(Cl)cccc2CN)cc1. The van der Waals surface area contributed by atoms with Crippen LogP contribution in [0.1, 0.15) is 24.5 Å². The molecular formula is C16H18ClNO. The highest BCUT2D eigenvalue weighted by atomic mass is 35.5. The van der Waals surface area contributed by atoms with E-state index in [4.69, 9.17) is 22.1 Å². The van der Waals surface area contributed by atoms with Crippen molar-refractivity contribution in [2.75, 3.05) is 0 Å². The van der Waals surface area contributed by atoms with E-state index in [9.17, 15) is 0 Å². The van der Waals surface area contributed by atoms with Crippen LogP contribution in [0.3, 0.4) is 0 Å². The van der Waals surface area contributed by atoms with Crippen molar-refractivity contribution in [1.82, 2.24) is 0 Å². The predicted octanol–water partition coefficient (Wildman–Crippen LogP) is 4.54. The summed E-state index contributed by atoms with van der Waals surface area (Å²) in [4.78, 5) is 0. The van der Waals surface area contributed by atoms with E-state index in [0.717, 1.165) is 24.2 Å². The van der Waals surface area contributed by atoms with Crippen LogP contribution in [0.4, 0.5) is 0 Å². The molecule has 0 atom stereocenters. The molecule has 0 amide bonds. The van der Waals surface area contributed by atoms with E-state index in [0.29, 0.717) is 17.3 Å². The average molecular weight is 276 g/mol. The molecule has 2 rings (SSSR count). The third-order valence-corrected chi connectivity index (χ3v) is 3.25. The van der Waals surface area contributed by atoms with Gasteiger partial charge in [0.15, 0.2) is 0 Å².